The van der Waals surface area contributed by atoms with Gasteiger partial charge in [-0.3, -0.25) is 13.9 Å². The van der Waals surface area contributed by atoms with Gasteiger partial charge in [0, 0.05) is 11.3 Å². The minimum Gasteiger partial charge on any atom is -0.324 e. The van der Waals surface area contributed by atoms with Gasteiger partial charge in [0.2, 0.25) is 5.91 Å². The lowest BCUT2D eigenvalue weighted by atomic mass is 10.0. The van der Waals surface area contributed by atoms with Gasteiger partial charge in [-0.15, -0.1) is 0 Å². The number of Topliss-reactive ketones (excluding diaryl/α,β-unsaturated/α-hetero) is 1. The Morgan fingerprint density at radius 2 is 1.56 bits per heavy atom. The lowest BCUT2D eigenvalue weighted by Crippen LogP contribution is -2.38. The third-order valence-electron chi connectivity index (χ3n) is 5.02. The van der Waals surface area contributed by atoms with Crippen molar-refractivity contribution in [2.45, 2.75) is 31.6 Å². The van der Waals surface area contributed by atoms with E-state index < -0.39 is 22.5 Å². The Kier molecular flexibility index (Phi) is 7.10. The summed E-state index contributed by atoms with van der Waals surface area (Å²) in [5.41, 5.74) is 2.35. The number of rotatable bonds is 8. The fourth-order valence-electron chi connectivity index (χ4n) is 3.21. The zero-order valence-electron chi connectivity index (χ0n) is 18.3. The molecule has 1 N–H and O–H groups in total. The highest BCUT2D eigenvalue weighted by Gasteiger charge is 2.27. The quantitative estimate of drug-likeness (QED) is 0.498. The summed E-state index contributed by atoms with van der Waals surface area (Å²) < 4.78 is 27.9. The predicted octanol–water partition coefficient (Wildman–Crippen LogP) is 4.85. The third-order valence-corrected chi connectivity index (χ3v) is 6.81. The van der Waals surface area contributed by atoms with Crippen LogP contribution in [0, 0.1) is 0 Å². The normalized spacial score (nSPS) is 11.2. The predicted molar refractivity (Wildman–Crippen MR) is 127 cm³/mol. The van der Waals surface area contributed by atoms with Crippen LogP contribution in [0.15, 0.2) is 83.8 Å². The highest BCUT2D eigenvalue weighted by Crippen LogP contribution is 2.26. The summed E-state index contributed by atoms with van der Waals surface area (Å²) in [7, 11) is -3.98. The molecule has 0 heterocycles. The molecule has 7 heteroatoms. The Balaban J connectivity index is 1.93. The van der Waals surface area contributed by atoms with Gasteiger partial charge in [0.15, 0.2) is 5.78 Å². The van der Waals surface area contributed by atoms with Crippen molar-refractivity contribution in [2.24, 2.45) is 0 Å². The first-order chi connectivity index (χ1) is 15.2. The van der Waals surface area contributed by atoms with Gasteiger partial charge in [0.05, 0.1) is 10.6 Å². The van der Waals surface area contributed by atoms with Crippen molar-refractivity contribution < 1.29 is 18.0 Å². The maximum absolute atomic E-state index is 13.4. The number of sulfonamides is 1. The van der Waals surface area contributed by atoms with Crippen molar-refractivity contribution in [1.29, 1.82) is 0 Å². The maximum atomic E-state index is 13.4. The molecule has 0 fully saturated rings. The maximum Gasteiger partial charge on any atom is 0.264 e. The molecule has 3 aromatic carbocycles. The summed E-state index contributed by atoms with van der Waals surface area (Å²) in [4.78, 5) is 24.5. The summed E-state index contributed by atoms with van der Waals surface area (Å²) in [6.45, 7) is 5.13. The topological polar surface area (TPSA) is 83.6 Å². The summed E-state index contributed by atoms with van der Waals surface area (Å²) in [6.07, 6.45) is 0. The summed E-state index contributed by atoms with van der Waals surface area (Å²) >= 11 is 0. The van der Waals surface area contributed by atoms with E-state index in [9.17, 15) is 18.0 Å². The van der Waals surface area contributed by atoms with E-state index >= 15 is 0 Å². The van der Waals surface area contributed by atoms with Crippen molar-refractivity contribution in [3.8, 4) is 0 Å². The van der Waals surface area contributed by atoms with Crippen LogP contribution in [0.3, 0.4) is 0 Å². The summed E-state index contributed by atoms with van der Waals surface area (Å²) in [5, 5.41) is 2.69. The van der Waals surface area contributed by atoms with E-state index in [2.05, 4.69) is 19.2 Å². The third kappa shape index (κ3) is 5.42. The largest absolute Gasteiger partial charge is 0.324 e. The van der Waals surface area contributed by atoms with Crippen LogP contribution >= 0.6 is 0 Å². The summed E-state index contributed by atoms with van der Waals surface area (Å²) in [5.74, 6) is -0.349. The molecule has 166 valence electrons. The van der Waals surface area contributed by atoms with Gasteiger partial charge >= 0.3 is 0 Å². The molecule has 0 aliphatic rings. The number of hydrogen-bond acceptors (Lipinski definition) is 4. The highest BCUT2D eigenvalue weighted by atomic mass is 32.2. The van der Waals surface area contributed by atoms with Crippen LogP contribution in [0.1, 0.15) is 42.6 Å². The molecule has 6 nitrogen and oxygen atoms in total. The van der Waals surface area contributed by atoms with Crippen molar-refractivity contribution in [3.05, 3.63) is 90.0 Å². The Morgan fingerprint density at radius 1 is 0.906 bits per heavy atom. The lowest BCUT2D eigenvalue weighted by molar-refractivity contribution is -0.114. The molecule has 0 unspecified atom stereocenters. The van der Waals surface area contributed by atoms with E-state index in [1.54, 1.807) is 54.6 Å². The average molecular weight is 451 g/mol. The van der Waals surface area contributed by atoms with Gasteiger partial charge < -0.3 is 5.32 Å². The Labute approximate surface area is 188 Å². The molecule has 1 amide bonds. The van der Waals surface area contributed by atoms with Crippen LogP contribution in [0.4, 0.5) is 11.4 Å². The Bertz CT molecular complexity index is 1200. The van der Waals surface area contributed by atoms with E-state index in [-0.39, 0.29) is 10.7 Å². The minimum atomic E-state index is -3.98. The van der Waals surface area contributed by atoms with Crippen molar-refractivity contribution in [2.75, 3.05) is 16.2 Å². The smallest absolute Gasteiger partial charge is 0.264 e. The molecular formula is C25H26N2O4S. The van der Waals surface area contributed by atoms with Crippen LogP contribution in [0.5, 0.6) is 0 Å². The number of ketones is 1. The van der Waals surface area contributed by atoms with Gasteiger partial charge in [0.1, 0.15) is 6.54 Å². The molecule has 0 aliphatic heterocycles. The Hall–Kier alpha value is -3.45. The number of nitrogens with zero attached hydrogens (tertiary/aromatic N) is 1. The molecule has 0 aromatic heterocycles. The standard InChI is InChI=1S/C25H26N2O4S/c1-18(2)20-12-14-23(15-13-20)27(32(30,31)24-10-5-4-6-11-24)17-25(29)26-22-9-7-8-21(16-22)19(3)28/h4-16,18H,17H2,1-3H3,(H,26,29). The lowest BCUT2D eigenvalue weighted by Gasteiger charge is -2.24. The second-order valence-corrected chi connectivity index (χ2v) is 9.62. The van der Waals surface area contributed by atoms with E-state index in [0.29, 0.717) is 22.9 Å². The van der Waals surface area contributed by atoms with E-state index in [1.807, 2.05) is 12.1 Å². The first-order valence-corrected chi connectivity index (χ1v) is 11.7. The van der Waals surface area contributed by atoms with Crippen LogP contribution in [0.2, 0.25) is 0 Å². The first kappa shape index (κ1) is 23.2. The molecule has 0 atom stereocenters. The Morgan fingerprint density at radius 3 is 2.16 bits per heavy atom. The molecule has 0 saturated heterocycles. The van der Waals surface area contributed by atoms with Crippen molar-refractivity contribution in [1.82, 2.24) is 0 Å². The highest BCUT2D eigenvalue weighted by molar-refractivity contribution is 7.92. The van der Waals surface area contributed by atoms with Gasteiger partial charge in [-0.25, -0.2) is 8.42 Å². The number of nitrogens with one attached hydrogen (secondary N) is 1. The number of amides is 1. The molecule has 32 heavy (non-hydrogen) atoms. The van der Waals surface area contributed by atoms with Gasteiger partial charge in [-0.2, -0.15) is 0 Å². The summed E-state index contributed by atoms with van der Waals surface area (Å²) in [6, 6.07) is 21.7. The fraction of sp³-hybridized carbons (Fsp3) is 0.200. The number of carbonyl (C=O) groups excluding carboxylic acids is 2. The molecule has 3 aromatic rings. The average Bonchev–Trinajstić information content (AvgIpc) is 2.78. The van der Waals surface area contributed by atoms with Crippen LogP contribution in [-0.4, -0.2) is 26.7 Å². The van der Waals surface area contributed by atoms with E-state index in [0.717, 1.165) is 9.87 Å². The number of hydrogen-bond donors (Lipinski definition) is 1. The van der Waals surface area contributed by atoms with Gasteiger partial charge in [-0.1, -0.05) is 56.3 Å². The van der Waals surface area contributed by atoms with Crippen molar-refractivity contribution >= 4 is 33.1 Å². The molecule has 0 saturated carbocycles. The zero-order chi connectivity index (χ0) is 23.3. The van der Waals surface area contributed by atoms with Gasteiger partial charge in [-0.05, 0) is 54.8 Å². The first-order valence-electron chi connectivity index (χ1n) is 10.3. The van der Waals surface area contributed by atoms with E-state index in [4.69, 9.17) is 0 Å². The van der Waals surface area contributed by atoms with E-state index in [1.165, 1.54) is 19.1 Å². The molecule has 0 aliphatic carbocycles. The van der Waals surface area contributed by atoms with Crippen molar-refractivity contribution in [3.63, 3.8) is 0 Å². The number of anilines is 2. The second-order valence-electron chi connectivity index (χ2n) is 7.76. The fourth-order valence-corrected chi connectivity index (χ4v) is 4.65. The van der Waals surface area contributed by atoms with Gasteiger partial charge in [0.25, 0.3) is 10.0 Å². The molecule has 0 bridgehead atoms. The zero-order valence-corrected chi connectivity index (χ0v) is 19.1. The minimum absolute atomic E-state index is 0.0966. The van der Waals surface area contributed by atoms with Crippen LogP contribution in [-0.2, 0) is 14.8 Å². The SMILES string of the molecule is CC(=O)c1cccc(NC(=O)CN(c2ccc(C(C)C)cc2)S(=O)(=O)c2ccccc2)c1. The molecular weight excluding hydrogens is 424 g/mol. The second kappa shape index (κ2) is 9.78. The van der Waals surface area contributed by atoms with Crippen LogP contribution < -0.4 is 9.62 Å². The number of carbonyl (C=O) groups is 2. The van der Waals surface area contributed by atoms with Crippen LogP contribution in [0.25, 0.3) is 0 Å². The molecule has 3 rings (SSSR count). The molecule has 0 radical (unpaired) electrons. The number of benzene rings is 3. The monoisotopic (exact) mass is 450 g/mol. The molecule has 0 spiro atoms.